The van der Waals surface area contributed by atoms with Crippen molar-refractivity contribution in [1.29, 1.82) is 0 Å². The molecule has 1 aliphatic heterocycles. The van der Waals surface area contributed by atoms with E-state index in [2.05, 4.69) is 4.90 Å². The van der Waals surface area contributed by atoms with E-state index in [-0.39, 0.29) is 0 Å². The van der Waals surface area contributed by atoms with Gasteiger partial charge in [0.15, 0.2) is 0 Å². The van der Waals surface area contributed by atoms with Gasteiger partial charge in [0.25, 0.3) is 0 Å². The Hall–Kier alpha value is -0.440. The maximum absolute atomic E-state index is 6.17. The Morgan fingerprint density at radius 3 is 2.53 bits per heavy atom. The molecule has 0 radical (unpaired) electrons. The molecule has 0 aliphatic carbocycles. The van der Waals surface area contributed by atoms with Gasteiger partial charge in [-0.15, -0.1) is 0 Å². The Kier molecular flexibility index (Phi) is 4.18. The number of hydrogen-bond acceptors (Lipinski definition) is 2. The Morgan fingerprint density at radius 1 is 1.29 bits per heavy atom. The van der Waals surface area contributed by atoms with E-state index in [0.29, 0.717) is 6.10 Å². The molecule has 1 saturated heterocycles. The van der Waals surface area contributed by atoms with Gasteiger partial charge in [0.2, 0.25) is 0 Å². The molecule has 0 N–H and O–H groups in total. The predicted molar refractivity (Wildman–Crippen MR) is 73.4 cm³/mol. The third-order valence-electron chi connectivity index (χ3n) is 3.34. The first-order valence-electron chi connectivity index (χ1n) is 5.85. The van der Waals surface area contributed by atoms with E-state index in [0.717, 1.165) is 47.2 Å². The lowest BCUT2D eigenvalue weighted by Gasteiger charge is -2.34. The first-order chi connectivity index (χ1) is 8.11. The third kappa shape index (κ3) is 2.87. The zero-order valence-corrected chi connectivity index (χ0v) is 11.7. The van der Waals surface area contributed by atoms with Gasteiger partial charge in [-0.2, -0.15) is 0 Å². The summed E-state index contributed by atoms with van der Waals surface area (Å²) in [4.78, 5) is 2.29. The van der Waals surface area contributed by atoms with Gasteiger partial charge < -0.3 is 9.64 Å². The minimum atomic E-state index is 0.308. The number of anilines is 1. The molecule has 1 unspecified atom stereocenters. The summed E-state index contributed by atoms with van der Waals surface area (Å²) in [6.45, 7) is 3.88. The fraction of sp³-hybridized carbons (Fsp3) is 0.538. The molecule has 0 aromatic heterocycles. The summed E-state index contributed by atoms with van der Waals surface area (Å²) >= 11 is 12.3. The monoisotopic (exact) mass is 273 g/mol. The molecule has 2 nitrogen and oxygen atoms in total. The standard InChI is InChI=1S/C13H17Cl2NO/c1-9-12(14)6-10(7-13(9)15)16-5-3-4-11(8-16)17-2/h6-7,11H,3-5,8H2,1-2H3. The van der Waals surface area contributed by atoms with Gasteiger partial charge in [-0.05, 0) is 37.5 Å². The number of methoxy groups -OCH3 is 1. The molecule has 94 valence electrons. The SMILES string of the molecule is COC1CCCN(c2cc(Cl)c(C)c(Cl)c2)C1. The molecule has 17 heavy (non-hydrogen) atoms. The molecular formula is C13H17Cl2NO. The molecule has 0 bridgehead atoms. The van der Waals surface area contributed by atoms with E-state index in [1.807, 2.05) is 19.1 Å². The number of benzene rings is 1. The normalized spacial score (nSPS) is 20.7. The lowest BCUT2D eigenvalue weighted by molar-refractivity contribution is 0.0893. The smallest absolute Gasteiger partial charge is 0.0746 e. The molecule has 4 heteroatoms. The van der Waals surface area contributed by atoms with Crippen molar-refractivity contribution in [2.75, 3.05) is 25.1 Å². The summed E-state index contributed by atoms with van der Waals surface area (Å²) in [5.41, 5.74) is 2.03. The fourth-order valence-electron chi connectivity index (χ4n) is 2.18. The van der Waals surface area contributed by atoms with Gasteiger partial charge in [-0.3, -0.25) is 0 Å². The van der Waals surface area contributed by atoms with Gasteiger partial charge in [0.05, 0.1) is 6.10 Å². The maximum Gasteiger partial charge on any atom is 0.0746 e. The first kappa shape index (κ1) is 13.0. The van der Waals surface area contributed by atoms with Crippen LogP contribution in [-0.2, 0) is 4.74 Å². The average molecular weight is 274 g/mol. The second-order valence-electron chi connectivity index (χ2n) is 4.48. The van der Waals surface area contributed by atoms with Crippen molar-refractivity contribution in [2.24, 2.45) is 0 Å². The number of ether oxygens (including phenoxy) is 1. The minimum Gasteiger partial charge on any atom is -0.380 e. The van der Waals surface area contributed by atoms with Crippen molar-refractivity contribution in [3.63, 3.8) is 0 Å². The highest BCUT2D eigenvalue weighted by atomic mass is 35.5. The zero-order valence-electron chi connectivity index (χ0n) is 10.2. The second-order valence-corrected chi connectivity index (χ2v) is 5.29. The summed E-state index contributed by atoms with van der Waals surface area (Å²) in [5, 5.41) is 1.46. The lowest BCUT2D eigenvalue weighted by atomic mass is 10.1. The Morgan fingerprint density at radius 2 is 1.94 bits per heavy atom. The van der Waals surface area contributed by atoms with Crippen LogP contribution in [0.1, 0.15) is 18.4 Å². The molecule has 2 rings (SSSR count). The average Bonchev–Trinajstić information content (AvgIpc) is 2.35. The highest BCUT2D eigenvalue weighted by Crippen LogP contribution is 2.31. The molecule has 1 aromatic rings. The lowest BCUT2D eigenvalue weighted by Crippen LogP contribution is -2.39. The minimum absolute atomic E-state index is 0.308. The third-order valence-corrected chi connectivity index (χ3v) is 4.13. The molecule has 1 heterocycles. The van der Waals surface area contributed by atoms with E-state index in [4.69, 9.17) is 27.9 Å². The van der Waals surface area contributed by atoms with E-state index in [1.54, 1.807) is 7.11 Å². The van der Waals surface area contributed by atoms with Gasteiger partial charge in [-0.1, -0.05) is 23.2 Å². The van der Waals surface area contributed by atoms with Crippen molar-refractivity contribution in [3.8, 4) is 0 Å². The summed E-state index contributed by atoms with van der Waals surface area (Å²) < 4.78 is 5.42. The summed E-state index contributed by atoms with van der Waals surface area (Å²) in [7, 11) is 1.77. The molecule has 1 fully saturated rings. The summed E-state index contributed by atoms with van der Waals surface area (Å²) in [6.07, 6.45) is 2.57. The highest BCUT2D eigenvalue weighted by Gasteiger charge is 2.20. The topological polar surface area (TPSA) is 12.5 Å². The molecular weight excluding hydrogens is 257 g/mol. The summed E-state index contributed by atoms with van der Waals surface area (Å²) in [5.74, 6) is 0. The largest absolute Gasteiger partial charge is 0.380 e. The molecule has 0 saturated carbocycles. The Bertz CT molecular complexity index is 385. The van der Waals surface area contributed by atoms with E-state index in [1.165, 1.54) is 0 Å². The molecule has 1 atom stereocenters. The quantitative estimate of drug-likeness (QED) is 0.810. The van der Waals surface area contributed by atoms with Crippen LogP contribution in [0.5, 0.6) is 0 Å². The van der Waals surface area contributed by atoms with Crippen LogP contribution in [0.4, 0.5) is 5.69 Å². The zero-order chi connectivity index (χ0) is 12.4. The van der Waals surface area contributed by atoms with Gasteiger partial charge >= 0.3 is 0 Å². The Labute approximate surface area is 112 Å². The van der Waals surface area contributed by atoms with E-state index < -0.39 is 0 Å². The van der Waals surface area contributed by atoms with Crippen molar-refractivity contribution < 1.29 is 4.74 Å². The maximum atomic E-state index is 6.17. The molecule has 1 aliphatic rings. The number of rotatable bonds is 2. The van der Waals surface area contributed by atoms with Crippen LogP contribution in [0, 0.1) is 6.92 Å². The van der Waals surface area contributed by atoms with Crippen LogP contribution in [0.2, 0.25) is 10.0 Å². The van der Waals surface area contributed by atoms with Crippen LogP contribution < -0.4 is 4.90 Å². The summed E-state index contributed by atoms with van der Waals surface area (Å²) in [6, 6.07) is 3.97. The van der Waals surface area contributed by atoms with Crippen LogP contribution in [0.25, 0.3) is 0 Å². The van der Waals surface area contributed by atoms with Crippen molar-refractivity contribution in [1.82, 2.24) is 0 Å². The van der Waals surface area contributed by atoms with Gasteiger partial charge in [0, 0.05) is 35.9 Å². The van der Waals surface area contributed by atoms with Crippen LogP contribution in [0.15, 0.2) is 12.1 Å². The highest BCUT2D eigenvalue weighted by molar-refractivity contribution is 6.36. The number of nitrogens with zero attached hydrogens (tertiary/aromatic N) is 1. The predicted octanol–water partition coefficient (Wildman–Crippen LogP) is 3.92. The number of halogens is 2. The van der Waals surface area contributed by atoms with Crippen LogP contribution in [0.3, 0.4) is 0 Å². The van der Waals surface area contributed by atoms with Gasteiger partial charge in [0.1, 0.15) is 0 Å². The first-order valence-corrected chi connectivity index (χ1v) is 6.61. The Balaban J connectivity index is 2.22. The van der Waals surface area contributed by atoms with Gasteiger partial charge in [-0.25, -0.2) is 0 Å². The molecule has 0 amide bonds. The van der Waals surface area contributed by atoms with E-state index >= 15 is 0 Å². The molecule has 1 aromatic carbocycles. The second kappa shape index (κ2) is 5.47. The van der Waals surface area contributed by atoms with Crippen molar-refractivity contribution in [3.05, 3.63) is 27.7 Å². The van der Waals surface area contributed by atoms with Crippen LogP contribution in [-0.4, -0.2) is 26.3 Å². The fourth-order valence-corrected chi connectivity index (χ4v) is 2.66. The number of hydrogen-bond donors (Lipinski definition) is 0. The van der Waals surface area contributed by atoms with E-state index in [9.17, 15) is 0 Å². The number of piperidine rings is 1. The van der Waals surface area contributed by atoms with Crippen molar-refractivity contribution >= 4 is 28.9 Å². The van der Waals surface area contributed by atoms with Crippen molar-refractivity contribution in [2.45, 2.75) is 25.9 Å². The molecule has 0 spiro atoms. The van der Waals surface area contributed by atoms with Crippen LogP contribution >= 0.6 is 23.2 Å².